The van der Waals surface area contributed by atoms with Crippen molar-refractivity contribution in [2.24, 2.45) is 12.0 Å². The van der Waals surface area contributed by atoms with E-state index in [1.165, 1.54) is 5.57 Å². The molecule has 0 amide bonds. The maximum atomic E-state index is 13.4. The van der Waals surface area contributed by atoms with Gasteiger partial charge in [-0.05, 0) is 19.1 Å². The van der Waals surface area contributed by atoms with E-state index in [1.807, 2.05) is 42.8 Å². The maximum absolute atomic E-state index is 13.4. The van der Waals surface area contributed by atoms with Gasteiger partial charge in [0.1, 0.15) is 11.6 Å². The van der Waals surface area contributed by atoms with Crippen molar-refractivity contribution in [1.29, 1.82) is 0 Å². The van der Waals surface area contributed by atoms with Crippen molar-refractivity contribution >= 4 is 44.6 Å². The average Bonchev–Trinajstić information content (AvgIpc) is 3.34. The number of methoxy groups -OCH3 is 1. The van der Waals surface area contributed by atoms with Gasteiger partial charge in [-0.2, -0.15) is 0 Å². The number of ether oxygens (including phenoxy) is 1. The summed E-state index contributed by atoms with van der Waals surface area (Å²) in [6, 6.07) is 7.78. The highest BCUT2D eigenvalue weighted by molar-refractivity contribution is 6.14. The number of pyridine rings is 2. The average molecular weight is 451 g/mol. The molecular formula is C26H22N6O2. The van der Waals surface area contributed by atoms with Gasteiger partial charge < -0.3 is 9.72 Å². The number of hydrogen-bond acceptors (Lipinski definition) is 5. The lowest BCUT2D eigenvalue weighted by Gasteiger charge is -2.12. The summed E-state index contributed by atoms with van der Waals surface area (Å²) in [6.07, 6.45) is 11.3. The van der Waals surface area contributed by atoms with Crippen LogP contribution < -0.4 is 10.4 Å². The number of aryl methyl sites for hydroxylation is 1. The molecule has 6 rings (SSSR count). The Bertz CT molecular complexity index is 1760. The van der Waals surface area contributed by atoms with Crippen LogP contribution in [0.4, 0.5) is 0 Å². The Balaban J connectivity index is 1.70. The molecule has 1 aliphatic rings. The zero-order chi connectivity index (χ0) is 23.4. The van der Waals surface area contributed by atoms with E-state index in [4.69, 9.17) is 4.74 Å². The van der Waals surface area contributed by atoms with E-state index in [9.17, 15) is 4.79 Å². The number of fused-ring (bicyclic) bond motifs is 4. The lowest BCUT2D eigenvalue weighted by atomic mass is 10.0. The predicted octanol–water partition coefficient (Wildman–Crippen LogP) is 4.18. The van der Waals surface area contributed by atoms with Crippen LogP contribution in [0.2, 0.25) is 0 Å². The van der Waals surface area contributed by atoms with Gasteiger partial charge in [0.2, 0.25) is 0 Å². The van der Waals surface area contributed by atoms with Gasteiger partial charge in [0.15, 0.2) is 0 Å². The summed E-state index contributed by atoms with van der Waals surface area (Å²) in [5.41, 5.74) is 5.92. The molecule has 0 radical (unpaired) electrons. The summed E-state index contributed by atoms with van der Waals surface area (Å²) in [6.45, 7) is 2.71. The van der Waals surface area contributed by atoms with Crippen LogP contribution in [-0.2, 0) is 7.05 Å². The molecule has 0 saturated heterocycles. The van der Waals surface area contributed by atoms with Gasteiger partial charge >= 0.3 is 5.69 Å². The molecule has 168 valence electrons. The number of nitrogens with one attached hydrogen (secondary N) is 1. The third kappa shape index (κ3) is 2.99. The van der Waals surface area contributed by atoms with E-state index in [0.717, 1.165) is 44.0 Å². The molecule has 0 aliphatic carbocycles. The van der Waals surface area contributed by atoms with Crippen LogP contribution in [0.5, 0.6) is 5.75 Å². The molecule has 8 nitrogen and oxygen atoms in total. The SMILES string of the molecule is COc1cc2ncc3c(c2cc1C1=CC=C(C)CN=C1)n(-c1cc2[nH]ccc2cn1)c(=O)n3C. The van der Waals surface area contributed by atoms with Gasteiger partial charge in [-0.3, -0.25) is 14.5 Å². The Labute approximate surface area is 194 Å². The molecular weight excluding hydrogens is 428 g/mol. The number of aromatic nitrogens is 5. The smallest absolute Gasteiger partial charge is 0.334 e. The van der Waals surface area contributed by atoms with Crippen molar-refractivity contribution in [3.05, 3.63) is 76.6 Å². The van der Waals surface area contributed by atoms with Gasteiger partial charge in [-0.1, -0.05) is 17.7 Å². The minimum Gasteiger partial charge on any atom is -0.496 e. The zero-order valence-corrected chi connectivity index (χ0v) is 19.0. The third-order valence-electron chi connectivity index (χ3n) is 6.29. The number of hydrogen-bond donors (Lipinski definition) is 1. The van der Waals surface area contributed by atoms with Gasteiger partial charge in [0, 0.05) is 59.7 Å². The summed E-state index contributed by atoms with van der Waals surface area (Å²) >= 11 is 0. The molecule has 1 aliphatic heterocycles. The van der Waals surface area contributed by atoms with E-state index in [-0.39, 0.29) is 5.69 Å². The summed E-state index contributed by atoms with van der Waals surface area (Å²) in [4.78, 5) is 30.3. The van der Waals surface area contributed by atoms with Crippen molar-refractivity contribution in [2.45, 2.75) is 6.92 Å². The Hall–Kier alpha value is -4.46. The van der Waals surface area contributed by atoms with Crippen LogP contribution in [0.1, 0.15) is 12.5 Å². The minimum absolute atomic E-state index is 0.186. The summed E-state index contributed by atoms with van der Waals surface area (Å²) in [7, 11) is 3.40. The first kappa shape index (κ1) is 20.2. The number of allylic oxidation sites excluding steroid dienone is 3. The van der Waals surface area contributed by atoms with E-state index < -0.39 is 0 Å². The number of aromatic amines is 1. The largest absolute Gasteiger partial charge is 0.496 e. The lowest BCUT2D eigenvalue weighted by molar-refractivity contribution is 0.414. The van der Waals surface area contributed by atoms with Crippen LogP contribution in [0, 0.1) is 0 Å². The fourth-order valence-corrected chi connectivity index (χ4v) is 4.46. The van der Waals surface area contributed by atoms with Crippen molar-refractivity contribution in [2.75, 3.05) is 13.7 Å². The molecule has 0 fully saturated rings. The molecule has 5 aromatic rings. The number of aliphatic imine (C=N–C) groups is 1. The molecule has 5 heterocycles. The summed E-state index contributed by atoms with van der Waals surface area (Å²) in [5.74, 6) is 1.24. The van der Waals surface area contributed by atoms with Crippen molar-refractivity contribution in [3.63, 3.8) is 0 Å². The third-order valence-corrected chi connectivity index (χ3v) is 6.29. The first-order chi connectivity index (χ1) is 16.5. The number of rotatable bonds is 3. The fraction of sp³-hybridized carbons (Fsp3) is 0.154. The normalized spacial score (nSPS) is 14.0. The van der Waals surface area contributed by atoms with Crippen molar-refractivity contribution < 1.29 is 4.74 Å². The summed E-state index contributed by atoms with van der Waals surface area (Å²) in [5, 5.41) is 1.82. The van der Waals surface area contributed by atoms with Gasteiger partial charge in [-0.25, -0.2) is 14.3 Å². The van der Waals surface area contributed by atoms with E-state index in [2.05, 4.69) is 32.9 Å². The standard InChI is InChI=1S/C26H22N6O2/c1-15-4-5-16(12-27-11-15)18-8-19-21(9-23(18)34-3)29-14-22-25(19)32(26(33)31(22)2)24-10-20-17(13-30-24)6-7-28-20/h4-10,12-14,28H,11H2,1-3H3. The second-order valence-electron chi connectivity index (χ2n) is 8.45. The summed E-state index contributed by atoms with van der Waals surface area (Å²) < 4.78 is 8.97. The monoisotopic (exact) mass is 450 g/mol. The quantitative estimate of drug-likeness (QED) is 0.447. The van der Waals surface area contributed by atoms with Crippen LogP contribution in [-0.4, -0.2) is 44.0 Å². The van der Waals surface area contributed by atoms with Crippen LogP contribution in [0.15, 0.2) is 70.4 Å². The molecule has 1 N–H and O–H groups in total. The van der Waals surface area contributed by atoms with Crippen molar-refractivity contribution in [1.82, 2.24) is 24.1 Å². The molecule has 0 unspecified atom stereocenters. The number of nitrogens with zero attached hydrogens (tertiary/aromatic N) is 5. The molecule has 8 heteroatoms. The second-order valence-corrected chi connectivity index (χ2v) is 8.45. The highest BCUT2D eigenvalue weighted by Gasteiger charge is 2.20. The first-order valence-corrected chi connectivity index (χ1v) is 10.9. The number of benzene rings is 1. The Kier molecular flexibility index (Phi) is 4.48. The predicted molar refractivity (Wildman–Crippen MR) is 135 cm³/mol. The molecule has 1 aromatic carbocycles. The molecule has 0 spiro atoms. The topological polar surface area (TPSA) is 90.1 Å². The van der Waals surface area contributed by atoms with E-state index in [0.29, 0.717) is 18.1 Å². The molecule has 0 atom stereocenters. The maximum Gasteiger partial charge on any atom is 0.334 e. The lowest BCUT2D eigenvalue weighted by Crippen LogP contribution is -2.21. The van der Waals surface area contributed by atoms with Crippen LogP contribution >= 0.6 is 0 Å². The van der Waals surface area contributed by atoms with Crippen LogP contribution in [0.25, 0.3) is 44.2 Å². The molecule has 34 heavy (non-hydrogen) atoms. The Morgan fingerprint density at radius 1 is 1.12 bits per heavy atom. The second kappa shape index (κ2) is 7.55. The highest BCUT2D eigenvalue weighted by Crippen LogP contribution is 2.34. The Morgan fingerprint density at radius 3 is 2.85 bits per heavy atom. The van der Waals surface area contributed by atoms with E-state index >= 15 is 0 Å². The highest BCUT2D eigenvalue weighted by atomic mass is 16.5. The Morgan fingerprint density at radius 2 is 2.00 bits per heavy atom. The minimum atomic E-state index is -0.186. The molecule has 0 bridgehead atoms. The number of H-pyrrole nitrogens is 1. The van der Waals surface area contributed by atoms with E-state index in [1.54, 1.807) is 35.7 Å². The van der Waals surface area contributed by atoms with Crippen molar-refractivity contribution in [3.8, 4) is 11.6 Å². The molecule has 0 saturated carbocycles. The van der Waals surface area contributed by atoms with Crippen LogP contribution in [0.3, 0.4) is 0 Å². The van der Waals surface area contributed by atoms with Gasteiger partial charge in [0.25, 0.3) is 0 Å². The fourth-order valence-electron chi connectivity index (χ4n) is 4.46. The molecule has 4 aromatic heterocycles. The first-order valence-electron chi connectivity index (χ1n) is 10.9. The van der Waals surface area contributed by atoms with Gasteiger partial charge in [-0.15, -0.1) is 0 Å². The zero-order valence-electron chi connectivity index (χ0n) is 19.0. The number of imidazole rings is 1. The van der Waals surface area contributed by atoms with Gasteiger partial charge in [0.05, 0.1) is 41.9 Å².